The molecule has 0 radical (unpaired) electrons. The van der Waals surface area contributed by atoms with Crippen molar-refractivity contribution in [2.24, 2.45) is 0 Å². The number of benzene rings is 2. The molecule has 0 nitrogen and oxygen atoms in total. The van der Waals surface area contributed by atoms with Crippen LogP contribution in [-0.2, 0) is 0 Å². The summed E-state index contributed by atoms with van der Waals surface area (Å²) in [7, 11) is -0.561. The molecule has 0 atom stereocenters. The van der Waals surface area contributed by atoms with Crippen molar-refractivity contribution < 1.29 is 18.9 Å². The summed E-state index contributed by atoms with van der Waals surface area (Å²) in [6.07, 6.45) is -0.993. The summed E-state index contributed by atoms with van der Waals surface area (Å²) in [5, 5.41) is 1.13. The molecule has 2 aromatic rings. The van der Waals surface area contributed by atoms with Crippen LogP contribution < -0.4 is 29.8 Å². The Hall–Kier alpha value is -0.0377. The zero-order valence-electron chi connectivity index (χ0n) is 28.4. The van der Waals surface area contributed by atoms with Crippen molar-refractivity contribution in [3.63, 3.8) is 0 Å². The van der Waals surface area contributed by atoms with Gasteiger partial charge >= 0.3 is 18.9 Å². The van der Waals surface area contributed by atoms with Gasteiger partial charge in [-0.15, -0.1) is 28.0 Å². The minimum Gasteiger partial charge on any atom is -0.203 e. The fourth-order valence-corrected chi connectivity index (χ4v) is 15.8. The summed E-state index contributed by atoms with van der Waals surface area (Å²) < 4.78 is 0. The van der Waals surface area contributed by atoms with E-state index >= 15 is 0 Å². The Balaban J connectivity index is 0.00000722. The van der Waals surface area contributed by atoms with Gasteiger partial charge in [0.2, 0.25) is 0 Å². The van der Waals surface area contributed by atoms with E-state index in [4.69, 9.17) is 0 Å². The van der Waals surface area contributed by atoms with E-state index in [1.165, 1.54) is 34.4 Å². The van der Waals surface area contributed by atoms with Crippen LogP contribution in [0.4, 0.5) is 0 Å². The molecule has 0 aliphatic carbocycles. The molecule has 0 heterocycles. The molecule has 0 saturated heterocycles. The Kier molecular flexibility index (Phi) is 11.8. The summed E-state index contributed by atoms with van der Waals surface area (Å²) in [6, 6.07) is 17.5. The third kappa shape index (κ3) is 8.98. The zero-order valence-corrected chi connectivity index (χ0v) is 30.1. The van der Waals surface area contributed by atoms with E-state index in [1.54, 1.807) is 10.9 Å². The minimum absolute atomic E-state index is 0. The topological polar surface area (TPSA) is 0 Å². The van der Waals surface area contributed by atoms with Gasteiger partial charge in [-0.1, -0.05) is 142 Å². The second-order valence-electron chi connectivity index (χ2n) is 16.0. The molecule has 0 saturated carbocycles. The molecule has 0 N–H and O–H groups in total. The van der Waals surface area contributed by atoms with Crippen molar-refractivity contribution in [2.45, 2.75) is 131 Å². The Morgan fingerprint density at radius 2 is 0.658 bits per heavy atom. The van der Waals surface area contributed by atoms with Crippen LogP contribution in [-0.4, -0.2) is 38.9 Å². The van der Waals surface area contributed by atoms with Crippen LogP contribution >= 0.6 is 15.8 Å². The predicted octanol–water partition coefficient (Wildman–Crippen LogP) is 6.72. The first-order valence-corrected chi connectivity index (χ1v) is 17.4. The first-order valence-electron chi connectivity index (χ1n) is 14.4. The second-order valence-corrected chi connectivity index (χ2v) is 23.8. The molecule has 0 bridgehead atoms. The van der Waals surface area contributed by atoms with Crippen LogP contribution in [0.5, 0.6) is 0 Å². The van der Waals surface area contributed by atoms with Gasteiger partial charge in [-0.2, -0.15) is 0 Å². The summed E-state index contributed by atoms with van der Waals surface area (Å²) >= 11 is 0. The van der Waals surface area contributed by atoms with E-state index in [9.17, 15) is 0 Å². The molecule has 0 aromatic heterocycles. The number of hydrogen-bond acceptors (Lipinski definition) is 0. The molecule has 2 aromatic carbocycles. The van der Waals surface area contributed by atoms with E-state index in [-0.39, 0.29) is 55.3 Å². The average molecular weight is 547 g/mol. The Bertz CT molecular complexity index is 922. The van der Waals surface area contributed by atoms with Crippen LogP contribution in [0.15, 0.2) is 36.4 Å². The van der Waals surface area contributed by atoms with E-state index in [0.29, 0.717) is 0 Å². The predicted molar refractivity (Wildman–Crippen MR) is 179 cm³/mol. The Morgan fingerprint density at radius 1 is 0.447 bits per heavy atom. The van der Waals surface area contributed by atoms with Crippen LogP contribution in [0.2, 0.25) is 0 Å². The molecule has 208 valence electrons. The molecule has 0 aliphatic heterocycles. The molecular weight excluding hydrogens is 488 g/mol. The van der Waals surface area contributed by atoms with Gasteiger partial charge in [0.1, 0.15) is 0 Å². The maximum atomic E-state index is 2.56. The number of hydrogen-bond donors (Lipinski definition) is 0. The van der Waals surface area contributed by atoms with Gasteiger partial charge in [0, 0.05) is 0 Å². The molecule has 0 spiro atoms. The van der Waals surface area contributed by atoms with Crippen molar-refractivity contribution in [1.29, 1.82) is 0 Å². The molecule has 38 heavy (non-hydrogen) atoms. The monoisotopic (exact) mass is 546 g/mol. The Labute approximate surface area is 252 Å². The van der Waals surface area contributed by atoms with Gasteiger partial charge in [0.05, 0.1) is 6.15 Å². The van der Waals surface area contributed by atoms with E-state index in [2.05, 4.69) is 147 Å². The molecular formula is C34H58BLiP2. The number of aryl methyl sites for hydroxylation is 4. The summed E-state index contributed by atoms with van der Waals surface area (Å²) in [6.45, 7) is 39.2. The average Bonchev–Trinajstić information content (AvgIpc) is 2.62. The van der Waals surface area contributed by atoms with Gasteiger partial charge in [-0.05, 0) is 48.3 Å². The zero-order chi connectivity index (χ0) is 28.8. The molecule has 0 fully saturated rings. The van der Waals surface area contributed by atoms with Gasteiger partial charge in [0.15, 0.2) is 0 Å². The molecule has 0 unspecified atom stereocenters. The van der Waals surface area contributed by atoms with Crippen molar-refractivity contribution in [3.8, 4) is 0 Å². The Morgan fingerprint density at radius 3 is 0.842 bits per heavy atom. The maximum Gasteiger partial charge on any atom is 1.00 e. The largest absolute Gasteiger partial charge is 1.00 e. The fraction of sp³-hybridized carbons (Fsp3) is 0.647. The van der Waals surface area contributed by atoms with E-state index in [1.807, 2.05) is 0 Å². The fourth-order valence-electron chi connectivity index (χ4n) is 7.06. The summed E-state index contributed by atoms with van der Waals surface area (Å²) in [5.41, 5.74) is 8.80. The van der Waals surface area contributed by atoms with Crippen LogP contribution in [0.3, 0.4) is 0 Å². The third-order valence-corrected chi connectivity index (χ3v) is 16.4. The standard InChI is InChI=1S/C34H58BP2.Li/c1-25-17-26(2)20-29(19-25)35(30-21-27(3)18-28(4)22-30,23-36(31(5,6)7)32(8,9)10)24-37(33(11,12)13)34(14,15)16;/h17-22H,23-24H2,1-16H3;/q-1;+1. The third-order valence-electron chi connectivity index (χ3n) is 7.99. The molecule has 4 heteroatoms. The normalized spacial score (nSPS) is 13.7. The summed E-state index contributed by atoms with van der Waals surface area (Å²) in [4.78, 5) is 0. The minimum atomic E-state index is -0.993. The summed E-state index contributed by atoms with van der Waals surface area (Å²) in [5.74, 6) is 0. The van der Waals surface area contributed by atoms with Crippen molar-refractivity contribution >= 4 is 32.9 Å². The molecule has 0 aliphatic rings. The van der Waals surface area contributed by atoms with Crippen molar-refractivity contribution in [1.82, 2.24) is 0 Å². The van der Waals surface area contributed by atoms with E-state index < -0.39 is 6.15 Å². The van der Waals surface area contributed by atoms with E-state index in [0.717, 1.165) is 0 Å². The van der Waals surface area contributed by atoms with Gasteiger partial charge in [0.25, 0.3) is 0 Å². The first-order chi connectivity index (χ1) is 16.5. The van der Waals surface area contributed by atoms with Crippen molar-refractivity contribution in [3.05, 3.63) is 58.7 Å². The second kappa shape index (κ2) is 12.5. The van der Waals surface area contributed by atoms with Crippen LogP contribution in [0.25, 0.3) is 0 Å². The number of rotatable bonds is 6. The molecule has 2 rings (SSSR count). The van der Waals surface area contributed by atoms with Gasteiger partial charge < -0.3 is 0 Å². The molecule has 0 amide bonds. The SMILES string of the molecule is Cc1cc(C)cc([B-](CP(C(C)(C)C)C(C)(C)C)(CP(C(C)(C)C)C(C)(C)C)c2cc(C)cc(C)c2)c1.[Li+]. The first kappa shape index (κ1) is 36.0. The smallest absolute Gasteiger partial charge is 0.203 e. The maximum absolute atomic E-state index is 2.56. The van der Waals surface area contributed by atoms with Crippen molar-refractivity contribution in [2.75, 3.05) is 12.1 Å². The van der Waals surface area contributed by atoms with Crippen LogP contribution in [0.1, 0.15) is 105 Å². The van der Waals surface area contributed by atoms with Crippen LogP contribution in [0, 0.1) is 27.7 Å². The quantitative estimate of drug-likeness (QED) is 0.279. The van der Waals surface area contributed by atoms with Gasteiger partial charge in [-0.25, -0.2) is 10.9 Å². The van der Waals surface area contributed by atoms with Gasteiger partial charge in [-0.3, -0.25) is 0 Å².